The van der Waals surface area contributed by atoms with Crippen LogP contribution in [0, 0.1) is 6.92 Å². The van der Waals surface area contributed by atoms with Crippen molar-refractivity contribution < 1.29 is 34.3 Å². The van der Waals surface area contributed by atoms with Gasteiger partial charge in [-0.05, 0) is 29.2 Å². The van der Waals surface area contributed by atoms with Gasteiger partial charge >= 0.3 is 0 Å². The van der Waals surface area contributed by atoms with E-state index in [9.17, 15) is 15.3 Å². The Morgan fingerprint density at radius 3 is 2.40 bits per heavy atom. The molecule has 0 amide bonds. The molecule has 1 saturated heterocycles. The lowest BCUT2D eigenvalue weighted by atomic mass is 9.97. The van der Waals surface area contributed by atoms with Crippen molar-refractivity contribution in [3.63, 3.8) is 0 Å². The highest BCUT2D eigenvalue weighted by molar-refractivity contribution is 5.68. The zero-order valence-corrected chi connectivity index (χ0v) is 23.8. The summed E-state index contributed by atoms with van der Waals surface area (Å²) in [5, 5.41) is 41.3. The Kier molecular flexibility index (Phi) is 9.35. The van der Waals surface area contributed by atoms with E-state index in [4.69, 9.17) is 18.9 Å². The lowest BCUT2D eigenvalue weighted by molar-refractivity contribution is -0.214. The summed E-state index contributed by atoms with van der Waals surface area (Å²) in [5.74, 6) is 1.85. The van der Waals surface area contributed by atoms with Crippen molar-refractivity contribution in [3.8, 4) is 28.4 Å². The van der Waals surface area contributed by atoms with E-state index < -0.39 is 24.5 Å². The average molecular weight is 577 g/mol. The van der Waals surface area contributed by atoms with E-state index in [1.165, 1.54) is 15.8 Å². The molecule has 1 aliphatic rings. The van der Waals surface area contributed by atoms with Crippen molar-refractivity contribution in [2.45, 2.75) is 51.2 Å². The predicted octanol–water partition coefficient (Wildman–Crippen LogP) is 2.75. The van der Waals surface area contributed by atoms with E-state index in [1.807, 2.05) is 36.4 Å². The highest BCUT2D eigenvalue weighted by Gasteiger charge is 2.39. The van der Waals surface area contributed by atoms with E-state index >= 15 is 0 Å². The molecule has 42 heavy (non-hydrogen) atoms. The predicted molar refractivity (Wildman–Crippen MR) is 154 cm³/mol. The zero-order valence-electron chi connectivity index (χ0n) is 23.8. The zero-order chi connectivity index (χ0) is 29.6. The van der Waals surface area contributed by atoms with Gasteiger partial charge in [0.1, 0.15) is 42.2 Å². The summed E-state index contributed by atoms with van der Waals surface area (Å²) in [7, 11) is 3.20. The first kappa shape index (κ1) is 29.5. The molecular weight excluding hydrogens is 540 g/mol. The van der Waals surface area contributed by atoms with E-state index in [1.54, 1.807) is 20.4 Å². The van der Waals surface area contributed by atoms with Gasteiger partial charge in [-0.25, -0.2) is 4.68 Å². The third-order valence-electron chi connectivity index (χ3n) is 7.41. The number of methoxy groups -OCH3 is 2. The quantitative estimate of drug-likeness (QED) is 0.211. The molecule has 5 rings (SSSR count). The molecule has 11 nitrogen and oxygen atoms in total. The van der Waals surface area contributed by atoms with Crippen molar-refractivity contribution in [3.05, 3.63) is 89.2 Å². The topological polar surface area (TPSA) is 140 Å². The molecule has 11 heteroatoms. The highest BCUT2D eigenvalue weighted by atomic mass is 16.5. The van der Waals surface area contributed by atoms with Crippen molar-refractivity contribution in [2.24, 2.45) is 0 Å². The number of ether oxygens (including phenoxy) is 4. The Morgan fingerprint density at radius 1 is 0.952 bits per heavy atom. The van der Waals surface area contributed by atoms with Gasteiger partial charge in [-0.2, -0.15) is 0 Å². The summed E-state index contributed by atoms with van der Waals surface area (Å²) in [5.41, 5.74) is 6.00. The average Bonchev–Trinajstić information content (AvgIpc) is 3.48. The number of aliphatic hydroxyl groups excluding tert-OH is 3. The van der Waals surface area contributed by atoms with E-state index in [2.05, 4.69) is 46.8 Å². The van der Waals surface area contributed by atoms with Crippen molar-refractivity contribution in [2.75, 3.05) is 20.8 Å². The second-order valence-electron chi connectivity index (χ2n) is 10.1. The number of aliphatic hydroxyl groups is 3. The van der Waals surface area contributed by atoms with Crippen LogP contribution in [-0.4, -0.2) is 69.5 Å². The van der Waals surface area contributed by atoms with Gasteiger partial charge in [-0.1, -0.05) is 53.7 Å². The Bertz CT molecular complexity index is 1450. The molecule has 1 fully saturated rings. The van der Waals surface area contributed by atoms with Gasteiger partial charge < -0.3 is 39.6 Å². The fraction of sp³-hybridized carbons (Fsp3) is 0.355. The van der Waals surface area contributed by atoms with Crippen LogP contribution in [0.2, 0.25) is 0 Å². The van der Waals surface area contributed by atoms with Crippen LogP contribution in [-0.2, 0) is 24.4 Å². The van der Waals surface area contributed by atoms with Crippen LogP contribution in [0.1, 0.15) is 28.6 Å². The lowest BCUT2D eigenvalue weighted by Gasteiger charge is -2.34. The van der Waals surface area contributed by atoms with Gasteiger partial charge in [0.25, 0.3) is 0 Å². The molecule has 2 heterocycles. The van der Waals surface area contributed by atoms with Crippen LogP contribution in [0.15, 0.2) is 66.9 Å². The Balaban J connectivity index is 1.23. The second-order valence-corrected chi connectivity index (χ2v) is 10.1. The van der Waals surface area contributed by atoms with Gasteiger partial charge in [-0.15, -0.1) is 5.10 Å². The fourth-order valence-electron chi connectivity index (χ4n) is 5.01. The fourth-order valence-corrected chi connectivity index (χ4v) is 5.01. The molecule has 222 valence electrons. The maximum absolute atomic E-state index is 10.2. The molecule has 0 saturated carbocycles. The maximum atomic E-state index is 10.2. The van der Waals surface area contributed by atoms with Crippen LogP contribution in [0.3, 0.4) is 0 Å². The van der Waals surface area contributed by atoms with Crippen molar-refractivity contribution in [1.29, 1.82) is 0 Å². The molecule has 0 aliphatic carbocycles. The third-order valence-corrected chi connectivity index (χ3v) is 7.41. The number of benzene rings is 3. The van der Waals surface area contributed by atoms with Gasteiger partial charge in [0.2, 0.25) is 0 Å². The van der Waals surface area contributed by atoms with E-state index in [0.717, 1.165) is 16.7 Å². The van der Waals surface area contributed by atoms with Crippen LogP contribution < -0.4 is 19.5 Å². The number of hydrogen-bond donors (Lipinski definition) is 4. The Morgan fingerprint density at radius 2 is 1.69 bits per heavy atom. The summed E-state index contributed by atoms with van der Waals surface area (Å²) in [6.45, 7) is 3.14. The number of rotatable bonds is 11. The van der Waals surface area contributed by atoms with E-state index in [-0.39, 0.29) is 6.61 Å². The third kappa shape index (κ3) is 6.40. The first-order valence-corrected chi connectivity index (χ1v) is 13.7. The molecule has 1 aliphatic heterocycles. The van der Waals surface area contributed by atoms with Crippen LogP contribution in [0.4, 0.5) is 0 Å². The number of nitrogens with zero attached hydrogens (tertiary/aromatic N) is 3. The Hall–Kier alpha value is -4.00. The molecule has 0 radical (unpaired) electrons. The smallest absolute Gasteiger partial charge is 0.180 e. The SMILES string of the molecule is COc1cc(OCc2cccc(-c3ccccc3)c2C)cc(OC)c1CNCc1cn([C@@H]2OC[C@H](O)[C@@H](O)[C@H]2O)nn1. The molecule has 3 aromatic carbocycles. The van der Waals surface area contributed by atoms with Gasteiger partial charge in [0.05, 0.1) is 38.3 Å². The molecule has 0 spiro atoms. The normalized spacial score (nSPS) is 20.3. The summed E-state index contributed by atoms with van der Waals surface area (Å²) in [6, 6.07) is 20.2. The molecule has 1 aromatic heterocycles. The Labute approximate surface area is 244 Å². The molecule has 4 atom stereocenters. The first-order valence-electron chi connectivity index (χ1n) is 13.7. The molecule has 0 unspecified atom stereocenters. The largest absolute Gasteiger partial charge is 0.496 e. The molecule has 4 aromatic rings. The maximum Gasteiger partial charge on any atom is 0.180 e. The van der Waals surface area contributed by atoms with Crippen molar-refractivity contribution >= 4 is 0 Å². The summed E-state index contributed by atoms with van der Waals surface area (Å²) in [6.07, 6.45) is -3.14. The lowest BCUT2D eigenvalue weighted by Crippen LogP contribution is -2.50. The highest BCUT2D eigenvalue weighted by Crippen LogP contribution is 2.35. The number of nitrogens with one attached hydrogen (secondary N) is 1. The minimum absolute atomic E-state index is 0.116. The van der Waals surface area contributed by atoms with Gasteiger partial charge in [0.15, 0.2) is 6.23 Å². The summed E-state index contributed by atoms with van der Waals surface area (Å²) >= 11 is 0. The second kappa shape index (κ2) is 13.3. The molecular formula is C31H36N4O7. The van der Waals surface area contributed by atoms with Crippen LogP contribution in [0.5, 0.6) is 17.2 Å². The van der Waals surface area contributed by atoms with Crippen LogP contribution >= 0.6 is 0 Å². The van der Waals surface area contributed by atoms with Crippen molar-refractivity contribution in [1.82, 2.24) is 20.3 Å². The van der Waals surface area contributed by atoms with E-state index in [0.29, 0.717) is 42.6 Å². The van der Waals surface area contributed by atoms with Gasteiger partial charge in [-0.3, -0.25) is 0 Å². The minimum Gasteiger partial charge on any atom is -0.496 e. The standard InChI is InChI=1S/C31H36N4O7/c1-19-21(10-7-11-24(19)20-8-5-4-6-9-20)17-41-23-12-27(39-2)25(28(13-23)40-3)15-32-14-22-16-35(34-33-22)31-30(38)29(37)26(36)18-42-31/h4-13,16,26,29-32,36-38H,14-15,17-18H2,1-3H3/t26-,29+,30+,31+/m0/s1. The van der Waals surface area contributed by atoms with Crippen LogP contribution in [0.25, 0.3) is 11.1 Å². The minimum atomic E-state index is -1.33. The molecule has 4 N–H and O–H groups in total. The van der Waals surface area contributed by atoms with Gasteiger partial charge in [0, 0.05) is 25.2 Å². The first-order chi connectivity index (χ1) is 20.4. The molecule has 0 bridgehead atoms. The number of hydrogen-bond acceptors (Lipinski definition) is 10. The summed E-state index contributed by atoms with van der Waals surface area (Å²) in [4.78, 5) is 0. The number of aromatic nitrogens is 3. The monoisotopic (exact) mass is 576 g/mol. The summed E-state index contributed by atoms with van der Waals surface area (Å²) < 4.78 is 24.3.